The summed E-state index contributed by atoms with van der Waals surface area (Å²) in [6.45, 7) is 0. The second-order valence-corrected chi connectivity index (χ2v) is 16.6. The minimum Gasteiger partial charge on any atom is -0.449 e. The summed E-state index contributed by atoms with van der Waals surface area (Å²) in [6, 6.07) is 78.3. The SMILES string of the molecule is c1ccc(-c2nc(-c3ccc4c(ccc5ccccc54)c3)nc(-c3ccccc3-c3cccc4c3Oc3ccc5c(c3O4)-c3ccccc3C5(c3ccccc3)c3ccccc3)n2)cc1. The summed E-state index contributed by atoms with van der Waals surface area (Å²) in [6.07, 6.45) is 0. The first kappa shape index (κ1) is 36.9. The van der Waals surface area contributed by atoms with E-state index in [4.69, 9.17) is 24.4 Å². The van der Waals surface area contributed by atoms with Crippen LogP contribution in [0.5, 0.6) is 23.0 Å². The van der Waals surface area contributed by atoms with Crippen LogP contribution in [0.25, 0.3) is 78.0 Å². The van der Waals surface area contributed by atoms with Crippen molar-refractivity contribution in [2.45, 2.75) is 5.41 Å². The summed E-state index contributed by atoms with van der Waals surface area (Å²) in [4.78, 5) is 15.5. The lowest BCUT2D eigenvalue weighted by Gasteiger charge is -2.34. The van der Waals surface area contributed by atoms with Gasteiger partial charge in [-0.25, -0.2) is 15.0 Å². The van der Waals surface area contributed by atoms with Gasteiger partial charge in [0.25, 0.3) is 0 Å². The number of fused-ring (bicyclic) bond motifs is 9. The molecule has 1 aliphatic heterocycles. The van der Waals surface area contributed by atoms with Crippen LogP contribution in [0.1, 0.15) is 22.3 Å². The van der Waals surface area contributed by atoms with Crippen LogP contribution in [0.3, 0.4) is 0 Å². The third-order valence-corrected chi connectivity index (χ3v) is 13.1. The van der Waals surface area contributed by atoms with Gasteiger partial charge in [0.2, 0.25) is 0 Å². The molecule has 0 unspecified atom stereocenters. The van der Waals surface area contributed by atoms with Gasteiger partial charge in [0.15, 0.2) is 40.5 Å². The van der Waals surface area contributed by atoms with Crippen molar-refractivity contribution in [1.29, 1.82) is 0 Å². The monoisotopic (exact) mass is 831 g/mol. The summed E-state index contributed by atoms with van der Waals surface area (Å²) >= 11 is 0. The van der Waals surface area contributed by atoms with E-state index in [9.17, 15) is 0 Å². The molecule has 1 aromatic heterocycles. The number of hydrogen-bond donors (Lipinski definition) is 0. The van der Waals surface area contributed by atoms with Gasteiger partial charge in [0.05, 0.1) is 5.41 Å². The van der Waals surface area contributed by atoms with Crippen molar-refractivity contribution < 1.29 is 9.47 Å². The van der Waals surface area contributed by atoms with E-state index in [1.165, 1.54) is 32.8 Å². The van der Waals surface area contributed by atoms with E-state index in [0.29, 0.717) is 40.5 Å². The smallest absolute Gasteiger partial charge is 0.178 e. The molecular formula is C60H37N3O2. The summed E-state index contributed by atoms with van der Waals surface area (Å²) in [5, 5.41) is 4.74. The fourth-order valence-corrected chi connectivity index (χ4v) is 10.2. The Morgan fingerprint density at radius 3 is 1.68 bits per heavy atom. The van der Waals surface area contributed by atoms with Gasteiger partial charge in [0, 0.05) is 27.8 Å². The topological polar surface area (TPSA) is 57.1 Å². The van der Waals surface area contributed by atoms with Crippen molar-refractivity contribution in [1.82, 2.24) is 15.0 Å². The Bertz CT molecular complexity index is 3620. The highest BCUT2D eigenvalue weighted by atomic mass is 16.6. The van der Waals surface area contributed by atoms with Crippen molar-refractivity contribution in [2.24, 2.45) is 0 Å². The second kappa shape index (κ2) is 14.7. The highest BCUT2D eigenvalue weighted by Crippen LogP contribution is 2.63. The predicted molar refractivity (Wildman–Crippen MR) is 260 cm³/mol. The Kier molecular flexibility index (Phi) is 8.36. The van der Waals surface area contributed by atoms with Gasteiger partial charge < -0.3 is 9.47 Å². The van der Waals surface area contributed by atoms with Crippen molar-refractivity contribution >= 4 is 21.5 Å². The van der Waals surface area contributed by atoms with Crippen molar-refractivity contribution in [3.8, 4) is 79.4 Å². The maximum atomic E-state index is 7.10. The lowest BCUT2D eigenvalue weighted by molar-refractivity contribution is 0.361. The Hall–Kier alpha value is -8.67. The number of para-hydroxylation sites is 1. The summed E-state index contributed by atoms with van der Waals surface area (Å²) in [5.74, 6) is 4.39. The molecule has 0 saturated carbocycles. The van der Waals surface area contributed by atoms with Gasteiger partial charge in [0.1, 0.15) is 0 Å². The van der Waals surface area contributed by atoms with Crippen molar-refractivity contribution in [2.75, 3.05) is 0 Å². The van der Waals surface area contributed by atoms with Gasteiger partial charge in [-0.1, -0.05) is 206 Å². The van der Waals surface area contributed by atoms with Gasteiger partial charge in [-0.2, -0.15) is 0 Å². The summed E-state index contributed by atoms with van der Waals surface area (Å²) in [7, 11) is 0. The molecule has 0 bridgehead atoms. The van der Waals surface area contributed by atoms with E-state index in [1.54, 1.807) is 0 Å². The van der Waals surface area contributed by atoms with E-state index in [-0.39, 0.29) is 0 Å². The molecule has 10 aromatic carbocycles. The minimum absolute atomic E-state index is 0.558. The number of hydrogen-bond acceptors (Lipinski definition) is 5. The second-order valence-electron chi connectivity index (χ2n) is 16.6. The number of nitrogens with zero attached hydrogens (tertiary/aromatic N) is 3. The molecule has 0 atom stereocenters. The highest BCUT2D eigenvalue weighted by Gasteiger charge is 2.48. The molecule has 65 heavy (non-hydrogen) atoms. The number of ether oxygens (including phenoxy) is 2. The van der Waals surface area contributed by atoms with Crippen LogP contribution < -0.4 is 9.47 Å². The lowest BCUT2D eigenvalue weighted by Crippen LogP contribution is -2.28. The fourth-order valence-electron chi connectivity index (χ4n) is 10.2. The Morgan fingerprint density at radius 2 is 0.892 bits per heavy atom. The van der Waals surface area contributed by atoms with Crippen LogP contribution >= 0.6 is 0 Å². The predicted octanol–water partition coefficient (Wildman–Crippen LogP) is 15.1. The van der Waals surface area contributed by atoms with E-state index in [2.05, 4.69) is 170 Å². The Morgan fingerprint density at radius 1 is 0.323 bits per heavy atom. The van der Waals surface area contributed by atoms with Crippen LogP contribution in [-0.2, 0) is 5.41 Å². The van der Waals surface area contributed by atoms with Crippen molar-refractivity contribution in [3.05, 3.63) is 247 Å². The molecule has 13 rings (SSSR count). The molecule has 2 aliphatic rings. The quantitative estimate of drug-likeness (QED) is 0.156. The van der Waals surface area contributed by atoms with Crippen LogP contribution in [0.4, 0.5) is 0 Å². The lowest BCUT2D eigenvalue weighted by atomic mass is 9.68. The molecule has 11 aromatic rings. The summed E-state index contributed by atoms with van der Waals surface area (Å²) < 4.78 is 14.2. The zero-order valence-electron chi connectivity index (χ0n) is 35.0. The third-order valence-electron chi connectivity index (χ3n) is 13.1. The first-order chi connectivity index (χ1) is 32.2. The van der Waals surface area contributed by atoms with Crippen LogP contribution in [0.2, 0.25) is 0 Å². The number of rotatable bonds is 6. The molecule has 5 nitrogen and oxygen atoms in total. The Labute approximate surface area is 375 Å². The molecule has 1 aliphatic carbocycles. The molecule has 0 radical (unpaired) electrons. The van der Waals surface area contributed by atoms with Gasteiger partial charge in [-0.05, 0) is 73.1 Å². The maximum absolute atomic E-state index is 7.10. The van der Waals surface area contributed by atoms with Gasteiger partial charge in [-0.15, -0.1) is 0 Å². The average molecular weight is 832 g/mol. The van der Waals surface area contributed by atoms with E-state index >= 15 is 0 Å². The average Bonchev–Trinajstić information content (AvgIpc) is 3.70. The van der Waals surface area contributed by atoms with E-state index < -0.39 is 5.41 Å². The first-order valence-electron chi connectivity index (χ1n) is 21.9. The van der Waals surface area contributed by atoms with Crippen LogP contribution in [0, 0.1) is 0 Å². The molecule has 0 amide bonds. The van der Waals surface area contributed by atoms with E-state index in [0.717, 1.165) is 49.9 Å². The third kappa shape index (κ3) is 5.76. The normalized spacial score (nSPS) is 13.0. The maximum Gasteiger partial charge on any atom is 0.178 e. The van der Waals surface area contributed by atoms with Gasteiger partial charge in [-0.3, -0.25) is 0 Å². The molecule has 0 spiro atoms. The molecule has 0 fully saturated rings. The largest absolute Gasteiger partial charge is 0.449 e. The number of aromatic nitrogens is 3. The zero-order valence-corrected chi connectivity index (χ0v) is 35.0. The summed E-state index contributed by atoms with van der Waals surface area (Å²) in [5.41, 5.74) is 10.8. The van der Waals surface area contributed by atoms with Gasteiger partial charge >= 0.3 is 0 Å². The van der Waals surface area contributed by atoms with E-state index in [1.807, 2.05) is 54.6 Å². The highest BCUT2D eigenvalue weighted by molar-refractivity contribution is 6.08. The molecule has 0 saturated heterocycles. The van der Waals surface area contributed by atoms with Crippen LogP contribution in [0.15, 0.2) is 224 Å². The zero-order chi connectivity index (χ0) is 42.9. The van der Waals surface area contributed by atoms with Crippen molar-refractivity contribution in [3.63, 3.8) is 0 Å². The molecule has 2 heterocycles. The standard InChI is InChI=1S/C60H37N3O2/c1-4-18-39(19-5-1)57-61-58(41-33-34-45-40(37-41)32-31-38-17-10-11-24-44(38)45)63-59(62-57)48-26-13-12-25-46(48)47-28-16-30-52-55(47)64-53-36-35-51-54(56(53)65-52)49-27-14-15-29-50(49)60(51,42-20-6-2-7-21-42)43-22-8-3-9-23-43/h1-37H. The molecular weight excluding hydrogens is 795 g/mol. The molecule has 5 heteroatoms. The minimum atomic E-state index is -0.558. The van der Waals surface area contributed by atoms with Crippen LogP contribution in [-0.4, -0.2) is 15.0 Å². The fraction of sp³-hybridized carbons (Fsp3) is 0.0167. The number of benzene rings is 10. The molecule has 304 valence electrons. The first-order valence-corrected chi connectivity index (χ1v) is 21.9. The Balaban J connectivity index is 0.949. The molecule has 0 N–H and O–H groups in total.